The molecule has 1 aliphatic rings. The summed E-state index contributed by atoms with van der Waals surface area (Å²) >= 11 is 0. The van der Waals surface area contributed by atoms with E-state index in [4.69, 9.17) is 4.74 Å². The van der Waals surface area contributed by atoms with Crippen LogP contribution in [0.25, 0.3) is 0 Å². The average Bonchev–Trinajstić information content (AvgIpc) is 2.77. The average molecular weight is 412 g/mol. The Labute approximate surface area is 179 Å². The van der Waals surface area contributed by atoms with E-state index in [9.17, 15) is 4.79 Å². The Kier molecular flexibility index (Phi) is 7.52. The van der Waals surface area contributed by atoms with Gasteiger partial charge in [-0.2, -0.15) is 0 Å². The predicted octanol–water partition coefficient (Wildman–Crippen LogP) is 2.80. The van der Waals surface area contributed by atoms with Crippen LogP contribution in [0.4, 0.5) is 11.5 Å². The van der Waals surface area contributed by atoms with Crippen molar-refractivity contribution in [2.45, 2.75) is 19.4 Å². The zero-order chi connectivity index (χ0) is 21.5. The molecule has 1 aromatic heterocycles. The van der Waals surface area contributed by atoms with Gasteiger partial charge in [0.1, 0.15) is 11.6 Å². The lowest BCUT2D eigenvalue weighted by molar-refractivity contribution is 0.0828. The molecule has 1 saturated heterocycles. The number of piperazine rings is 1. The second kappa shape index (κ2) is 10.3. The maximum atomic E-state index is 12.3. The molecule has 0 radical (unpaired) electrons. The Morgan fingerprint density at radius 1 is 1.23 bits per heavy atom. The summed E-state index contributed by atoms with van der Waals surface area (Å²) in [5.74, 6) is 1.55. The highest BCUT2D eigenvalue weighted by Crippen LogP contribution is 2.29. The van der Waals surface area contributed by atoms with Crippen molar-refractivity contribution in [3.05, 3.63) is 48.2 Å². The number of nitrogens with zero attached hydrogens (tertiary/aromatic N) is 4. The predicted molar refractivity (Wildman–Crippen MR) is 122 cm³/mol. The second-order valence-corrected chi connectivity index (χ2v) is 7.88. The molecule has 0 spiro atoms. The van der Waals surface area contributed by atoms with Crippen molar-refractivity contribution in [1.82, 2.24) is 14.8 Å². The van der Waals surface area contributed by atoms with E-state index in [1.54, 1.807) is 38.4 Å². The molecule has 2 aromatic rings. The molecule has 7 heteroatoms. The van der Waals surface area contributed by atoms with Crippen molar-refractivity contribution in [1.29, 1.82) is 0 Å². The lowest BCUT2D eigenvalue weighted by Crippen LogP contribution is -2.52. The molecule has 1 unspecified atom stereocenters. The van der Waals surface area contributed by atoms with Crippen LogP contribution in [0.2, 0.25) is 0 Å². The zero-order valence-electron chi connectivity index (χ0n) is 18.5. The third kappa shape index (κ3) is 5.21. The van der Waals surface area contributed by atoms with E-state index in [2.05, 4.69) is 39.2 Å². The minimum absolute atomic E-state index is 0.0355. The molecule has 0 bridgehead atoms. The van der Waals surface area contributed by atoms with Gasteiger partial charge in [-0.1, -0.05) is 12.1 Å². The van der Waals surface area contributed by atoms with E-state index in [-0.39, 0.29) is 5.91 Å². The summed E-state index contributed by atoms with van der Waals surface area (Å²) in [6.45, 7) is 7.06. The highest BCUT2D eigenvalue weighted by molar-refractivity contribution is 5.98. The summed E-state index contributed by atoms with van der Waals surface area (Å²) in [6.07, 6.45) is 2.71. The van der Waals surface area contributed by atoms with Crippen LogP contribution >= 0.6 is 0 Å². The Morgan fingerprint density at radius 3 is 2.77 bits per heavy atom. The SMILES string of the molecule is COc1ccccc1N1CCN(CCCNc2ncccc2C(=O)N(C)C)C(C)C1. The summed E-state index contributed by atoms with van der Waals surface area (Å²) in [6, 6.07) is 12.3. The molecule has 1 fully saturated rings. The molecule has 1 amide bonds. The Bertz CT molecular complexity index is 842. The van der Waals surface area contributed by atoms with Crippen molar-refractivity contribution in [3.63, 3.8) is 0 Å². The van der Waals surface area contributed by atoms with E-state index >= 15 is 0 Å². The van der Waals surface area contributed by atoms with E-state index in [0.29, 0.717) is 17.4 Å². The van der Waals surface area contributed by atoms with Crippen molar-refractivity contribution in [2.75, 3.05) is 64.1 Å². The Hall–Kier alpha value is -2.80. The Balaban J connectivity index is 1.49. The highest BCUT2D eigenvalue weighted by Gasteiger charge is 2.25. The number of methoxy groups -OCH3 is 1. The fraction of sp³-hybridized carbons (Fsp3) is 0.478. The van der Waals surface area contributed by atoms with E-state index < -0.39 is 0 Å². The van der Waals surface area contributed by atoms with E-state index in [1.807, 2.05) is 18.2 Å². The van der Waals surface area contributed by atoms with Crippen LogP contribution in [-0.2, 0) is 0 Å². The van der Waals surface area contributed by atoms with Crippen molar-refractivity contribution in [3.8, 4) is 5.75 Å². The fourth-order valence-corrected chi connectivity index (χ4v) is 3.89. The van der Waals surface area contributed by atoms with E-state index in [0.717, 1.165) is 44.9 Å². The number of pyridine rings is 1. The van der Waals surface area contributed by atoms with Crippen LogP contribution in [0.15, 0.2) is 42.6 Å². The number of anilines is 2. The summed E-state index contributed by atoms with van der Waals surface area (Å²) < 4.78 is 5.53. The standard InChI is InChI=1S/C23H33N5O2/c1-18-17-28(20-10-5-6-11-21(20)30-4)16-15-27(18)14-8-13-25-22-19(9-7-12-24-22)23(29)26(2)3/h5-7,9-12,18H,8,13-17H2,1-4H3,(H,24,25). The third-order valence-electron chi connectivity index (χ3n) is 5.55. The zero-order valence-corrected chi connectivity index (χ0v) is 18.5. The van der Waals surface area contributed by atoms with Gasteiger partial charge in [0.05, 0.1) is 18.4 Å². The molecule has 30 heavy (non-hydrogen) atoms. The number of ether oxygens (including phenoxy) is 1. The van der Waals surface area contributed by atoms with Crippen LogP contribution in [-0.4, -0.2) is 80.7 Å². The number of amides is 1. The molecule has 1 N–H and O–H groups in total. The number of aromatic nitrogens is 1. The van der Waals surface area contributed by atoms with Crippen LogP contribution < -0.4 is 15.0 Å². The van der Waals surface area contributed by atoms with Crippen molar-refractivity contribution in [2.24, 2.45) is 0 Å². The van der Waals surface area contributed by atoms with Gasteiger partial charge in [-0.05, 0) is 37.6 Å². The lowest BCUT2D eigenvalue weighted by Gasteiger charge is -2.41. The molecule has 3 rings (SSSR count). The highest BCUT2D eigenvalue weighted by atomic mass is 16.5. The molecular weight excluding hydrogens is 378 g/mol. The first-order chi connectivity index (χ1) is 14.5. The summed E-state index contributed by atoms with van der Waals surface area (Å²) in [5.41, 5.74) is 1.78. The largest absolute Gasteiger partial charge is 0.495 e. The fourth-order valence-electron chi connectivity index (χ4n) is 3.89. The monoisotopic (exact) mass is 411 g/mol. The first kappa shape index (κ1) is 21.9. The summed E-state index contributed by atoms with van der Waals surface area (Å²) in [7, 11) is 5.24. The first-order valence-corrected chi connectivity index (χ1v) is 10.5. The van der Waals surface area contributed by atoms with Gasteiger partial charge >= 0.3 is 0 Å². The number of para-hydroxylation sites is 2. The van der Waals surface area contributed by atoms with Gasteiger partial charge in [-0.15, -0.1) is 0 Å². The number of hydrogen-bond donors (Lipinski definition) is 1. The third-order valence-corrected chi connectivity index (χ3v) is 5.55. The smallest absolute Gasteiger partial charge is 0.257 e. The number of carbonyl (C=O) groups is 1. The number of carbonyl (C=O) groups excluding carboxylic acids is 1. The van der Waals surface area contributed by atoms with Gasteiger partial charge in [0.25, 0.3) is 5.91 Å². The van der Waals surface area contributed by atoms with Gasteiger partial charge in [-0.3, -0.25) is 9.69 Å². The van der Waals surface area contributed by atoms with Crippen LogP contribution in [0.5, 0.6) is 5.75 Å². The quantitative estimate of drug-likeness (QED) is 0.674. The Morgan fingerprint density at radius 2 is 2.03 bits per heavy atom. The number of rotatable bonds is 8. The summed E-state index contributed by atoms with van der Waals surface area (Å²) in [4.78, 5) is 23.2. The van der Waals surface area contributed by atoms with Gasteiger partial charge < -0.3 is 19.9 Å². The van der Waals surface area contributed by atoms with Gasteiger partial charge in [0.15, 0.2) is 0 Å². The van der Waals surface area contributed by atoms with Crippen molar-refractivity contribution >= 4 is 17.4 Å². The van der Waals surface area contributed by atoms with Crippen LogP contribution in [0, 0.1) is 0 Å². The molecule has 1 aliphatic heterocycles. The maximum absolute atomic E-state index is 12.3. The minimum atomic E-state index is -0.0355. The van der Waals surface area contributed by atoms with Gasteiger partial charge in [0, 0.05) is 59.1 Å². The van der Waals surface area contributed by atoms with Crippen LogP contribution in [0.1, 0.15) is 23.7 Å². The molecule has 2 heterocycles. The number of hydrogen-bond acceptors (Lipinski definition) is 6. The van der Waals surface area contributed by atoms with Crippen LogP contribution in [0.3, 0.4) is 0 Å². The molecule has 162 valence electrons. The van der Waals surface area contributed by atoms with Gasteiger partial charge in [-0.25, -0.2) is 4.98 Å². The maximum Gasteiger partial charge on any atom is 0.257 e. The molecule has 1 aromatic carbocycles. The number of benzene rings is 1. The summed E-state index contributed by atoms with van der Waals surface area (Å²) in [5, 5.41) is 3.34. The second-order valence-electron chi connectivity index (χ2n) is 7.88. The van der Waals surface area contributed by atoms with Gasteiger partial charge in [0.2, 0.25) is 0 Å². The van der Waals surface area contributed by atoms with Crippen molar-refractivity contribution < 1.29 is 9.53 Å². The normalized spacial score (nSPS) is 16.9. The molecule has 0 aliphatic carbocycles. The molecule has 1 atom stereocenters. The molecular formula is C23H33N5O2. The minimum Gasteiger partial charge on any atom is -0.495 e. The topological polar surface area (TPSA) is 60.9 Å². The first-order valence-electron chi connectivity index (χ1n) is 10.5. The number of nitrogens with one attached hydrogen (secondary N) is 1. The lowest BCUT2D eigenvalue weighted by atomic mass is 10.1. The molecule has 0 saturated carbocycles. The van der Waals surface area contributed by atoms with E-state index in [1.165, 1.54) is 5.69 Å². The molecule has 7 nitrogen and oxygen atoms in total.